The minimum Gasteiger partial charge on any atom is -0.493 e. The third kappa shape index (κ3) is 4.87. The van der Waals surface area contributed by atoms with Crippen molar-refractivity contribution < 1.29 is 14.3 Å². The molecule has 2 aromatic carbocycles. The molecule has 0 bridgehead atoms. The predicted octanol–water partition coefficient (Wildman–Crippen LogP) is 4.51. The molecule has 7 heteroatoms. The number of rotatable bonds is 5. The van der Waals surface area contributed by atoms with E-state index in [1.807, 2.05) is 6.07 Å². The van der Waals surface area contributed by atoms with Crippen LogP contribution in [0.15, 0.2) is 42.0 Å². The number of methoxy groups -OCH3 is 2. The average Bonchev–Trinajstić information content (AvgIpc) is 2.60. The molecule has 0 radical (unpaired) electrons. The molecule has 0 saturated heterocycles. The number of halogens is 2. The maximum Gasteiger partial charge on any atom is 0.266 e. The van der Waals surface area contributed by atoms with Crippen molar-refractivity contribution in [3.8, 4) is 17.6 Å². The number of hydrogen-bond acceptors (Lipinski definition) is 4. The van der Waals surface area contributed by atoms with Crippen LogP contribution in [0.5, 0.6) is 11.5 Å². The van der Waals surface area contributed by atoms with E-state index in [9.17, 15) is 10.1 Å². The van der Waals surface area contributed by atoms with Crippen molar-refractivity contribution in [1.82, 2.24) is 0 Å². The first-order chi connectivity index (χ1) is 12.0. The summed E-state index contributed by atoms with van der Waals surface area (Å²) in [7, 11) is 3.08. The van der Waals surface area contributed by atoms with E-state index in [2.05, 4.69) is 27.9 Å². The van der Waals surface area contributed by atoms with E-state index in [0.717, 1.165) is 3.57 Å². The second kappa shape index (κ2) is 8.74. The van der Waals surface area contributed by atoms with Gasteiger partial charge in [-0.05, 0) is 70.6 Å². The average molecular weight is 469 g/mol. The number of amides is 1. The van der Waals surface area contributed by atoms with Gasteiger partial charge in [-0.25, -0.2) is 0 Å². The lowest BCUT2D eigenvalue weighted by Gasteiger charge is -2.11. The number of carbonyl (C=O) groups excluding carboxylic acids is 1. The molecular formula is C18H14ClIN2O3. The number of carbonyl (C=O) groups is 1. The van der Waals surface area contributed by atoms with Crippen LogP contribution in [-0.2, 0) is 4.79 Å². The van der Waals surface area contributed by atoms with Gasteiger partial charge in [-0.1, -0.05) is 11.6 Å². The van der Waals surface area contributed by atoms with Crippen LogP contribution >= 0.6 is 34.2 Å². The molecule has 1 N–H and O–H groups in total. The summed E-state index contributed by atoms with van der Waals surface area (Å²) in [5, 5.41) is 12.5. The van der Waals surface area contributed by atoms with E-state index in [0.29, 0.717) is 27.8 Å². The highest BCUT2D eigenvalue weighted by molar-refractivity contribution is 14.1. The maximum absolute atomic E-state index is 12.3. The summed E-state index contributed by atoms with van der Waals surface area (Å²) in [4.78, 5) is 12.3. The van der Waals surface area contributed by atoms with Crippen molar-refractivity contribution in [2.24, 2.45) is 0 Å². The molecule has 0 fully saturated rings. The van der Waals surface area contributed by atoms with Gasteiger partial charge in [-0.2, -0.15) is 5.26 Å². The van der Waals surface area contributed by atoms with Crippen molar-refractivity contribution in [1.29, 1.82) is 5.26 Å². The van der Waals surface area contributed by atoms with Crippen molar-refractivity contribution in [3.63, 3.8) is 0 Å². The highest BCUT2D eigenvalue weighted by Gasteiger charge is 2.13. The lowest BCUT2D eigenvalue weighted by Crippen LogP contribution is -2.13. The topological polar surface area (TPSA) is 71.3 Å². The second-order valence-corrected chi connectivity index (χ2v) is 6.47. The summed E-state index contributed by atoms with van der Waals surface area (Å²) >= 11 is 7.92. The highest BCUT2D eigenvalue weighted by atomic mass is 127. The van der Waals surface area contributed by atoms with Crippen LogP contribution in [0.3, 0.4) is 0 Å². The van der Waals surface area contributed by atoms with Crippen molar-refractivity contribution in [3.05, 3.63) is 56.1 Å². The lowest BCUT2D eigenvalue weighted by atomic mass is 10.1. The van der Waals surface area contributed by atoms with E-state index < -0.39 is 5.91 Å². The third-order valence-electron chi connectivity index (χ3n) is 3.23. The summed E-state index contributed by atoms with van der Waals surface area (Å²) in [5.74, 6) is 0.620. The SMILES string of the molecule is COc1cc(C=C(C#N)C(=O)Nc2ccc(Cl)cc2)cc(I)c1OC. The van der Waals surface area contributed by atoms with Gasteiger partial charge in [0.25, 0.3) is 5.91 Å². The molecule has 0 aromatic heterocycles. The largest absolute Gasteiger partial charge is 0.493 e. The summed E-state index contributed by atoms with van der Waals surface area (Å²) in [6.45, 7) is 0. The minimum absolute atomic E-state index is 0.0297. The Labute approximate surface area is 164 Å². The molecule has 1 amide bonds. The molecule has 0 unspecified atom stereocenters. The second-order valence-electron chi connectivity index (χ2n) is 4.87. The predicted molar refractivity (Wildman–Crippen MR) is 106 cm³/mol. The fraction of sp³-hybridized carbons (Fsp3) is 0.111. The van der Waals surface area contributed by atoms with Crippen LogP contribution in [-0.4, -0.2) is 20.1 Å². The van der Waals surface area contributed by atoms with E-state index in [4.69, 9.17) is 21.1 Å². The van der Waals surface area contributed by atoms with E-state index >= 15 is 0 Å². The van der Waals surface area contributed by atoms with Gasteiger partial charge in [-0.15, -0.1) is 0 Å². The van der Waals surface area contributed by atoms with E-state index in [1.165, 1.54) is 13.2 Å². The zero-order valence-corrected chi connectivity index (χ0v) is 16.4. The Kier molecular flexibility index (Phi) is 6.67. The van der Waals surface area contributed by atoms with Crippen molar-refractivity contribution >= 4 is 51.9 Å². The first kappa shape index (κ1) is 19.1. The molecule has 25 heavy (non-hydrogen) atoms. The number of benzene rings is 2. The lowest BCUT2D eigenvalue weighted by molar-refractivity contribution is -0.112. The monoisotopic (exact) mass is 468 g/mol. The van der Waals surface area contributed by atoms with Gasteiger partial charge in [0.2, 0.25) is 0 Å². The molecule has 0 aliphatic heterocycles. The highest BCUT2D eigenvalue weighted by Crippen LogP contribution is 2.34. The summed E-state index contributed by atoms with van der Waals surface area (Å²) in [6.07, 6.45) is 1.50. The van der Waals surface area contributed by atoms with Gasteiger partial charge < -0.3 is 14.8 Å². The van der Waals surface area contributed by atoms with Crippen LogP contribution in [0.25, 0.3) is 6.08 Å². The molecule has 2 rings (SSSR count). The number of nitrogens with zero attached hydrogens (tertiary/aromatic N) is 1. The Morgan fingerprint density at radius 1 is 1.24 bits per heavy atom. The van der Waals surface area contributed by atoms with Gasteiger partial charge in [0.05, 0.1) is 17.8 Å². The van der Waals surface area contributed by atoms with Gasteiger partial charge in [-0.3, -0.25) is 4.79 Å². The molecule has 5 nitrogen and oxygen atoms in total. The Morgan fingerprint density at radius 3 is 2.48 bits per heavy atom. The first-order valence-corrected chi connectivity index (χ1v) is 8.54. The van der Waals surface area contributed by atoms with E-state index in [-0.39, 0.29) is 5.57 Å². The van der Waals surface area contributed by atoms with Crippen molar-refractivity contribution in [2.45, 2.75) is 0 Å². The molecular weight excluding hydrogens is 455 g/mol. The zero-order chi connectivity index (χ0) is 18.4. The van der Waals surface area contributed by atoms with Gasteiger partial charge in [0.1, 0.15) is 11.6 Å². The van der Waals surface area contributed by atoms with Crippen LogP contribution in [0.2, 0.25) is 5.02 Å². The smallest absolute Gasteiger partial charge is 0.266 e. The van der Waals surface area contributed by atoms with Gasteiger partial charge in [0.15, 0.2) is 11.5 Å². The standard InChI is InChI=1S/C18H14ClIN2O3/c1-24-16-9-11(8-15(20)17(16)25-2)7-12(10-21)18(23)22-14-5-3-13(19)4-6-14/h3-9H,1-2H3,(H,22,23). The van der Waals surface area contributed by atoms with Crippen LogP contribution < -0.4 is 14.8 Å². The molecule has 0 aliphatic carbocycles. The Hall–Kier alpha value is -2.24. The Balaban J connectivity index is 2.30. The van der Waals surface area contributed by atoms with Gasteiger partial charge in [0, 0.05) is 10.7 Å². The number of nitrogens with one attached hydrogen (secondary N) is 1. The quantitative estimate of drug-likeness (QED) is 0.398. The van der Waals surface area contributed by atoms with Gasteiger partial charge >= 0.3 is 0 Å². The Morgan fingerprint density at radius 2 is 1.92 bits per heavy atom. The van der Waals surface area contributed by atoms with Crippen LogP contribution in [0, 0.1) is 14.9 Å². The number of ether oxygens (including phenoxy) is 2. The van der Waals surface area contributed by atoms with Crippen LogP contribution in [0.4, 0.5) is 5.69 Å². The minimum atomic E-state index is -0.505. The zero-order valence-electron chi connectivity index (χ0n) is 13.5. The number of hydrogen-bond donors (Lipinski definition) is 1. The first-order valence-electron chi connectivity index (χ1n) is 7.08. The maximum atomic E-state index is 12.3. The molecule has 0 atom stereocenters. The number of anilines is 1. The fourth-order valence-electron chi connectivity index (χ4n) is 2.07. The van der Waals surface area contributed by atoms with Crippen molar-refractivity contribution in [2.75, 3.05) is 19.5 Å². The molecule has 0 saturated carbocycles. The normalized spacial score (nSPS) is 10.8. The number of nitriles is 1. The van der Waals surface area contributed by atoms with E-state index in [1.54, 1.807) is 43.5 Å². The molecule has 0 spiro atoms. The molecule has 2 aromatic rings. The molecule has 0 heterocycles. The molecule has 0 aliphatic rings. The fourth-order valence-corrected chi connectivity index (χ4v) is 3.04. The summed E-state index contributed by atoms with van der Waals surface area (Å²) in [6, 6.07) is 12.1. The summed E-state index contributed by atoms with van der Waals surface area (Å²) in [5.41, 5.74) is 1.18. The molecule has 128 valence electrons. The Bertz CT molecular complexity index is 858. The summed E-state index contributed by atoms with van der Waals surface area (Å²) < 4.78 is 11.4. The van der Waals surface area contributed by atoms with Crippen LogP contribution in [0.1, 0.15) is 5.56 Å². The third-order valence-corrected chi connectivity index (χ3v) is 4.29.